The Labute approximate surface area is 98.7 Å². The van der Waals surface area contributed by atoms with Crippen LogP contribution in [0.3, 0.4) is 0 Å². The number of aromatic nitrogens is 2. The lowest BCUT2D eigenvalue weighted by Gasteiger charge is -2.07. The van der Waals surface area contributed by atoms with Gasteiger partial charge in [-0.15, -0.1) is 0 Å². The number of nitrogens with zero attached hydrogens (tertiary/aromatic N) is 2. The Bertz CT molecular complexity index is 554. The Hall–Kier alpha value is -2.43. The van der Waals surface area contributed by atoms with E-state index < -0.39 is 0 Å². The third-order valence-corrected chi connectivity index (χ3v) is 2.34. The number of hydrogen-bond acceptors (Lipinski definition) is 4. The Morgan fingerprint density at radius 2 is 2.18 bits per heavy atom. The van der Waals surface area contributed by atoms with Gasteiger partial charge in [0.1, 0.15) is 5.82 Å². The van der Waals surface area contributed by atoms with Gasteiger partial charge in [-0.05, 0) is 24.6 Å². The third kappa shape index (κ3) is 2.39. The minimum absolute atomic E-state index is 0.285. The molecule has 2 aromatic rings. The van der Waals surface area contributed by atoms with Crippen molar-refractivity contribution in [2.24, 2.45) is 0 Å². The average Bonchev–Trinajstić information content (AvgIpc) is 2.32. The zero-order valence-electron chi connectivity index (χ0n) is 9.34. The van der Waals surface area contributed by atoms with Gasteiger partial charge in [-0.1, -0.05) is 6.07 Å². The van der Waals surface area contributed by atoms with E-state index >= 15 is 0 Å². The fourth-order valence-electron chi connectivity index (χ4n) is 1.40. The molecule has 0 unspecified atom stereocenters. The van der Waals surface area contributed by atoms with Crippen LogP contribution in [0, 0.1) is 6.92 Å². The Kier molecular flexibility index (Phi) is 3.00. The standard InChI is InChI=1S/C12H12N4O/c1-8-3-2-5-15-11(8)16-12(17)9-4-6-14-7-10(9)13/h2-7H,13H2,1H3,(H,15,16,17). The molecule has 0 aliphatic carbocycles. The maximum Gasteiger partial charge on any atom is 0.259 e. The molecule has 0 aliphatic rings. The van der Waals surface area contributed by atoms with E-state index in [1.54, 1.807) is 12.3 Å². The van der Waals surface area contributed by atoms with Crippen LogP contribution in [0.4, 0.5) is 11.5 Å². The number of nitrogen functional groups attached to an aromatic ring is 1. The predicted octanol–water partition coefficient (Wildman–Crippen LogP) is 1.62. The van der Waals surface area contributed by atoms with E-state index in [1.165, 1.54) is 12.4 Å². The highest BCUT2D eigenvalue weighted by Crippen LogP contribution is 2.14. The molecule has 2 heterocycles. The Morgan fingerprint density at radius 3 is 2.88 bits per heavy atom. The Morgan fingerprint density at radius 1 is 1.35 bits per heavy atom. The van der Waals surface area contributed by atoms with Crippen LogP contribution < -0.4 is 11.1 Å². The van der Waals surface area contributed by atoms with Gasteiger partial charge in [0.15, 0.2) is 0 Å². The molecule has 0 spiro atoms. The summed E-state index contributed by atoms with van der Waals surface area (Å²) in [6.45, 7) is 1.87. The number of amides is 1. The maximum atomic E-state index is 11.9. The molecule has 5 heteroatoms. The molecule has 0 atom stereocenters. The summed E-state index contributed by atoms with van der Waals surface area (Å²) in [6, 6.07) is 5.26. The van der Waals surface area contributed by atoms with Crippen molar-refractivity contribution in [2.75, 3.05) is 11.1 Å². The van der Waals surface area contributed by atoms with E-state index in [-0.39, 0.29) is 5.91 Å². The van der Waals surface area contributed by atoms with Crippen LogP contribution in [-0.4, -0.2) is 15.9 Å². The highest BCUT2D eigenvalue weighted by Gasteiger charge is 2.10. The first-order valence-electron chi connectivity index (χ1n) is 5.11. The number of carbonyl (C=O) groups excluding carboxylic acids is 1. The van der Waals surface area contributed by atoms with Crippen molar-refractivity contribution in [1.29, 1.82) is 0 Å². The molecular weight excluding hydrogens is 216 g/mol. The lowest BCUT2D eigenvalue weighted by Crippen LogP contribution is -2.15. The van der Waals surface area contributed by atoms with Gasteiger partial charge >= 0.3 is 0 Å². The molecule has 0 bridgehead atoms. The summed E-state index contributed by atoms with van der Waals surface area (Å²) in [5.74, 6) is 0.250. The molecule has 5 nitrogen and oxygen atoms in total. The minimum atomic E-state index is -0.285. The van der Waals surface area contributed by atoms with Crippen LogP contribution >= 0.6 is 0 Å². The lowest BCUT2D eigenvalue weighted by atomic mass is 10.2. The van der Waals surface area contributed by atoms with Crippen molar-refractivity contribution in [3.8, 4) is 0 Å². The van der Waals surface area contributed by atoms with E-state index in [0.29, 0.717) is 17.1 Å². The number of nitrogens with one attached hydrogen (secondary N) is 1. The molecule has 0 fully saturated rings. The number of pyridine rings is 2. The summed E-state index contributed by atoms with van der Waals surface area (Å²) < 4.78 is 0. The van der Waals surface area contributed by atoms with Crippen molar-refractivity contribution in [1.82, 2.24) is 9.97 Å². The van der Waals surface area contributed by atoms with Gasteiger partial charge in [-0.2, -0.15) is 0 Å². The van der Waals surface area contributed by atoms with Gasteiger partial charge in [0, 0.05) is 12.4 Å². The molecule has 2 rings (SSSR count). The molecule has 0 radical (unpaired) electrons. The van der Waals surface area contributed by atoms with E-state index in [2.05, 4.69) is 15.3 Å². The molecule has 1 amide bonds. The summed E-state index contributed by atoms with van der Waals surface area (Å²) in [4.78, 5) is 19.8. The van der Waals surface area contributed by atoms with Crippen molar-refractivity contribution < 1.29 is 4.79 Å². The van der Waals surface area contributed by atoms with Crippen molar-refractivity contribution >= 4 is 17.4 Å². The summed E-state index contributed by atoms with van der Waals surface area (Å²) in [7, 11) is 0. The van der Waals surface area contributed by atoms with Crippen molar-refractivity contribution in [3.63, 3.8) is 0 Å². The summed E-state index contributed by atoms with van der Waals surface area (Å²) >= 11 is 0. The molecular formula is C12H12N4O. The number of nitrogens with two attached hydrogens (primary N) is 1. The van der Waals surface area contributed by atoms with Gasteiger partial charge in [0.2, 0.25) is 0 Å². The van der Waals surface area contributed by atoms with Gasteiger partial charge in [0.25, 0.3) is 5.91 Å². The van der Waals surface area contributed by atoms with Crippen LogP contribution in [0.5, 0.6) is 0 Å². The first-order chi connectivity index (χ1) is 8.18. The second kappa shape index (κ2) is 4.61. The summed E-state index contributed by atoms with van der Waals surface area (Å²) in [6.07, 6.45) is 4.59. The molecule has 2 aromatic heterocycles. The number of aryl methyl sites for hydroxylation is 1. The summed E-state index contributed by atoms with van der Waals surface area (Å²) in [5, 5.41) is 2.71. The topological polar surface area (TPSA) is 80.9 Å². The van der Waals surface area contributed by atoms with E-state index in [1.807, 2.05) is 19.1 Å². The zero-order chi connectivity index (χ0) is 12.3. The van der Waals surface area contributed by atoms with Gasteiger partial charge in [0.05, 0.1) is 17.4 Å². The van der Waals surface area contributed by atoms with Crippen LogP contribution in [-0.2, 0) is 0 Å². The minimum Gasteiger partial charge on any atom is -0.397 e. The number of rotatable bonds is 2. The van der Waals surface area contributed by atoms with Crippen LogP contribution in [0.25, 0.3) is 0 Å². The zero-order valence-corrected chi connectivity index (χ0v) is 9.34. The molecule has 0 aromatic carbocycles. The van der Waals surface area contributed by atoms with Gasteiger partial charge < -0.3 is 11.1 Å². The molecule has 3 N–H and O–H groups in total. The number of anilines is 2. The Balaban J connectivity index is 2.24. The molecule has 86 valence electrons. The summed E-state index contributed by atoms with van der Waals surface area (Å²) in [5.41, 5.74) is 7.31. The first-order valence-corrected chi connectivity index (χ1v) is 5.11. The van der Waals surface area contributed by atoms with E-state index in [4.69, 9.17) is 5.73 Å². The second-order valence-electron chi connectivity index (χ2n) is 3.59. The lowest BCUT2D eigenvalue weighted by molar-refractivity contribution is 0.102. The quantitative estimate of drug-likeness (QED) is 0.818. The fraction of sp³-hybridized carbons (Fsp3) is 0.0833. The smallest absolute Gasteiger partial charge is 0.259 e. The average molecular weight is 228 g/mol. The van der Waals surface area contributed by atoms with E-state index in [0.717, 1.165) is 5.56 Å². The largest absolute Gasteiger partial charge is 0.397 e. The van der Waals surface area contributed by atoms with Gasteiger partial charge in [-0.3, -0.25) is 9.78 Å². The van der Waals surface area contributed by atoms with Crippen LogP contribution in [0.2, 0.25) is 0 Å². The predicted molar refractivity (Wildman–Crippen MR) is 65.6 cm³/mol. The van der Waals surface area contributed by atoms with Crippen molar-refractivity contribution in [3.05, 3.63) is 47.9 Å². The van der Waals surface area contributed by atoms with Gasteiger partial charge in [-0.25, -0.2) is 4.98 Å². The second-order valence-corrected chi connectivity index (χ2v) is 3.59. The van der Waals surface area contributed by atoms with Crippen molar-refractivity contribution in [2.45, 2.75) is 6.92 Å². The normalized spacial score (nSPS) is 9.94. The van der Waals surface area contributed by atoms with Crippen LogP contribution in [0.15, 0.2) is 36.8 Å². The monoisotopic (exact) mass is 228 g/mol. The fourth-order valence-corrected chi connectivity index (χ4v) is 1.40. The molecule has 0 saturated carbocycles. The maximum absolute atomic E-state index is 11.9. The highest BCUT2D eigenvalue weighted by molar-refractivity contribution is 6.07. The number of carbonyl (C=O) groups is 1. The molecule has 0 aliphatic heterocycles. The highest BCUT2D eigenvalue weighted by atomic mass is 16.1. The van der Waals surface area contributed by atoms with Crippen LogP contribution in [0.1, 0.15) is 15.9 Å². The van der Waals surface area contributed by atoms with E-state index in [9.17, 15) is 4.79 Å². The molecule has 0 saturated heterocycles. The molecule has 17 heavy (non-hydrogen) atoms. The first kappa shape index (κ1) is 11.1. The number of hydrogen-bond donors (Lipinski definition) is 2. The third-order valence-electron chi connectivity index (χ3n) is 2.34. The SMILES string of the molecule is Cc1cccnc1NC(=O)c1ccncc1N.